The van der Waals surface area contributed by atoms with Crippen molar-refractivity contribution in [3.05, 3.63) is 40.3 Å². The monoisotopic (exact) mass is 389 g/mol. The average molecular weight is 389 g/mol. The van der Waals surface area contributed by atoms with Crippen LogP contribution in [0.15, 0.2) is 23.6 Å². The highest BCUT2D eigenvalue weighted by molar-refractivity contribution is 7.15. The highest BCUT2D eigenvalue weighted by atomic mass is 32.1. The van der Waals surface area contributed by atoms with Gasteiger partial charge in [-0.3, -0.25) is 9.59 Å². The molecule has 1 amide bonds. The van der Waals surface area contributed by atoms with Crippen LogP contribution >= 0.6 is 11.3 Å². The number of thiophene rings is 1. The average Bonchev–Trinajstić information content (AvgIpc) is 2.98. The molecule has 0 aliphatic heterocycles. The Morgan fingerprint density at radius 1 is 1.15 bits per heavy atom. The third-order valence-corrected chi connectivity index (χ3v) is 4.74. The van der Waals surface area contributed by atoms with E-state index < -0.39 is 17.8 Å². The van der Waals surface area contributed by atoms with E-state index in [2.05, 4.69) is 5.32 Å². The number of carbonyl (C=O) groups excluding carboxylic acids is 2. The van der Waals surface area contributed by atoms with Gasteiger partial charge in [0.2, 0.25) is 5.91 Å². The van der Waals surface area contributed by atoms with Crippen molar-refractivity contribution in [2.75, 3.05) is 5.32 Å². The van der Waals surface area contributed by atoms with Gasteiger partial charge in [-0.15, -0.1) is 11.3 Å². The maximum atomic E-state index is 12.7. The largest absolute Gasteiger partial charge is 0.481 e. The van der Waals surface area contributed by atoms with Gasteiger partial charge in [-0.05, 0) is 38.8 Å². The fourth-order valence-electron chi connectivity index (χ4n) is 2.56. The van der Waals surface area contributed by atoms with Gasteiger partial charge in [0.15, 0.2) is 0 Å². The first-order chi connectivity index (χ1) is 12.7. The molecule has 0 radical (unpaired) electrons. The third kappa shape index (κ3) is 5.40. The zero-order valence-electron chi connectivity index (χ0n) is 15.8. The topological polar surface area (TPSA) is 92.7 Å². The second kappa shape index (κ2) is 8.81. The standard InChI is InChI=1S/C20H23NO5S/c1-11(2)26-20(25)18-15(14-9-12(3)5-6-13(14)4)10-27-19(18)21-16(22)7-8-17(23)24/h5-6,9-11H,7-8H2,1-4H3,(H,21,22)(H,23,24). The van der Waals surface area contributed by atoms with Crippen LogP contribution in [0.2, 0.25) is 0 Å². The van der Waals surface area contributed by atoms with Gasteiger partial charge in [-0.25, -0.2) is 4.79 Å². The number of hydrogen-bond donors (Lipinski definition) is 2. The number of benzene rings is 1. The zero-order chi connectivity index (χ0) is 20.1. The summed E-state index contributed by atoms with van der Waals surface area (Å²) in [6, 6.07) is 5.95. The van der Waals surface area contributed by atoms with Crippen LogP contribution in [0.25, 0.3) is 11.1 Å². The summed E-state index contributed by atoms with van der Waals surface area (Å²) in [5.74, 6) is -2.02. The fraction of sp³-hybridized carbons (Fsp3) is 0.350. The molecule has 0 fully saturated rings. The predicted octanol–water partition coefficient (Wildman–Crippen LogP) is 4.40. The summed E-state index contributed by atoms with van der Waals surface area (Å²) in [5.41, 5.74) is 3.94. The SMILES string of the molecule is Cc1ccc(C)c(-c2csc(NC(=O)CCC(=O)O)c2C(=O)OC(C)C)c1. The molecule has 144 valence electrons. The number of carboxylic acids is 1. The minimum absolute atomic E-state index is 0.162. The summed E-state index contributed by atoms with van der Waals surface area (Å²) in [7, 11) is 0. The van der Waals surface area contributed by atoms with Crippen LogP contribution in [0.1, 0.15) is 48.2 Å². The number of ether oxygens (including phenoxy) is 1. The first kappa shape index (κ1) is 20.6. The van der Waals surface area contributed by atoms with E-state index in [1.54, 1.807) is 13.8 Å². The smallest absolute Gasteiger partial charge is 0.342 e. The Hall–Kier alpha value is -2.67. The van der Waals surface area contributed by atoms with Gasteiger partial charge in [0.25, 0.3) is 0 Å². The molecule has 1 heterocycles. The number of esters is 1. The lowest BCUT2D eigenvalue weighted by molar-refractivity contribution is -0.138. The molecule has 1 aromatic carbocycles. The molecule has 1 aromatic heterocycles. The van der Waals surface area contributed by atoms with Crippen LogP contribution in [0.5, 0.6) is 0 Å². The molecule has 0 unspecified atom stereocenters. The van der Waals surface area contributed by atoms with Crippen LogP contribution in [0, 0.1) is 13.8 Å². The first-order valence-corrected chi connectivity index (χ1v) is 9.48. The van der Waals surface area contributed by atoms with E-state index in [4.69, 9.17) is 9.84 Å². The summed E-state index contributed by atoms with van der Waals surface area (Å²) in [5, 5.41) is 13.6. The number of aliphatic carboxylic acids is 1. The van der Waals surface area contributed by atoms with Crippen molar-refractivity contribution < 1.29 is 24.2 Å². The molecular weight excluding hydrogens is 366 g/mol. The number of aryl methyl sites for hydroxylation is 2. The van der Waals surface area contributed by atoms with Crippen LogP contribution in [0.3, 0.4) is 0 Å². The molecular formula is C20H23NO5S. The fourth-order valence-corrected chi connectivity index (χ4v) is 3.52. The Morgan fingerprint density at radius 2 is 1.85 bits per heavy atom. The maximum absolute atomic E-state index is 12.7. The Morgan fingerprint density at radius 3 is 2.48 bits per heavy atom. The summed E-state index contributed by atoms with van der Waals surface area (Å²) in [6.07, 6.45) is -0.739. The van der Waals surface area contributed by atoms with Crippen molar-refractivity contribution in [1.29, 1.82) is 0 Å². The normalized spacial score (nSPS) is 10.7. The molecule has 0 bridgehead atoms. The van der Waals surface area contributed by atoms with Crippen LogP contribution in [-0.2, 0) is 14.3 Å². The van der Waals surface area contributed by atoms with Crippen molar-refractivity contribution in [2.45, 2.75) is 46.6 Å². The van der Waals surface area contributed by atoms with E-state index in [9.17, 15) is 14.4 Å². The van der Waals surface area contributed by atoms with Gasteiger partial charge in [0, 0.05) is 17.4 Å². The quantitative estimate of drug-likeness (QED) is 0.685. The van der Waals surface area contributed by atoms with Crippen molar-refractivity contribution in [1.82, 2.24) is 0 Å². The zero-order valence-corrected chi connectivity index (χ0v) is 16.6. The van der Waals surface area contributed by atoms with Crippen molar-refractivity contribution >= 4 is 34.2 Å². The lowest BCUT2D eigenvalue weighted by Gasteiger charge is -2.13. The Bertz CT molecular complexity index is 869. The third-order valence-electron chi connectivity index (χ3n) is 3.84. The van der Waals surface area contributed by atoms with Crippen LogP contribution < -0.4 is 5.32 Å². The Kier molecular flexibility index (Phi) is 6.74. The van der Waals surface area contributed by atoms with E-state index >= 15 is 0 Å². The Balaban J connectivity index is 2.44. The first-order valence-electron chi connectivity index (χ1n) is 8.60. The van der Waals surface area contributed by atoms with E-state index in [1.165, 1.54) is 11.3 Å². The summed E-state index contributed by atoms with van der Waals surface area (Å²) in [6.45, 7) is 7.44. The molecule has 6 nitrogen and oxygen atoms in total. The number of anilines is 1. The molecule has 2 rings (SSSR count). The maximum Gasteiger partial charge on any atom is 0.342 e. The summed E-state index contributed by atoms with van der Waals surface area (Å²) < 4.78 is 5.37. The van der Waals surface area contributed by atoms with Crippen molar-refractivity contribution in [2.24, 2.45) is 0 Å². The lowest BCUT2D eigenvalue weighted by atomic mass is 9.97. The van der Waals surface area contributed by atoms with Gasteiger partial charge in [-0.2, -0.15) is 0 Å². The van der Waals surface area contributed by atoms with Crippen LogP contribution in [0.4, 0.5) is 5.00 Å². The van der Waals surface area contributed by atoms with Gasteiger partial charge in [-0.1, -0.05) is 23.8 Å². The molecule has 7 heteroatoms. The molecule has 0 spiro atoms. The molecule has 0 saturated heterocycles. The second-order valence-electron chi connectivity index (χ2n) is 6.57. The molecule has 0 atom stereocenters. The molecule has 0 saturated carbocycles. The van der Waals surface area contributed by atoms with Gasteiger partial charge in [0.1, 0.15) is 10.6 Å². The minimum Gasteiger partial charge on any atom is -0.481 e. The molecule has 27 heavy (non-hydrogen) atoms. The molecule has 2 N–H and O–H groups in total. The van der Waals surface area contributed by atoms with Gasteiger partial charge >= 0.3 is 11.9 Å². The summed E-state index contributed by atoms with van der Waals surface area (Å²) >= 11 is 1.22. The van der Waals surface area contributed by atoms with E-state index in [-0.39, 0.29) is 18.9 Å². The number of carboxylic acid groups (broad SMARTS) is 1. The number of amides is 1. The van der Waals surface area contributed by atoms with E-state index in [1.807, 2.05) is 37.4 Å². The van der Waals surface area contributed by atoms with Crippen molar-refractivity contribution in [3.8, 4) is 11.1 Å². The van der Waals surface area contributed by atoms with Crippen molar-refractivity contribution in [3.63, 3.8) is 0 Å². The number of hydrogen-bond acceptors (Lipinski definition) is 5. The highest BCUT2D eigenvalue weighted by Crippen LogP contribution is 2.38. The van der Waals surface area contributed by atoms with Gasteiger partial charge < -0.3 is 15.2 Å². The summed E-state index contributed by atoms with van der Waals surface area (Å²) in [4.78, 5) is 35.4. The van der Waals surface area contributed by atoms with E-state index in [0.29, 0.717) is 16.1 Å². The highest BCUT2D eigenvalue weighted by Gasteiger charge is 2.24. The minimum atomic E-state index is -1.05. The number of carbonyl (C=O) groups is 3. The second-order valence-corrected chi connectivity index (χ2v) is 7.45. The molecule has 2 aromatic rings. The van der Waals surface area contributed by atoms with E-state index in [0.717, 1.165) is 16.7 Å². The molecule has 0 aliphatic carbocycles. The number of nitrogens with one attached hydrogen (secondary N) is 1. The van der Waals surface area contributed by atoms with Crippen LogP contribution in [-0.4, -0.2) is 29.1 Å². The lowest BCUT2D eigenvalue weighted by Crippen LogP contribution is -2.17. The van der Waals surface area contributed by atoms with Gasteiger partial charge in [0.05, 0.1) is 12.5 Å². The molecule has 0 aliphatic rings. The number of rotatable bonds is 7. The predicted molar refractivity (Wildman–Crippen MR) is 105 cm³/mol. The Labute approximate surface area is 162 Å².